The Morgan fingerprint density at radius 1 is 1.12 bits per heavy atom. The van der Waals surface area contributed by atoms with Crippen molar-refractivity contribution in [3.63, 3.8) is 0 Å². The van der Waals surface area contributed by atoms with E-state index >= 15 is 0 Å². The lowest BCUT2D eigenvalue weighted by molar-refractivity contribution is -0.273. The lowest BCUT2D eigenvalue weighted by Gasteiger charge is -2.34. The molecule has 17 heavy (non-hydrogen) atoms. The van der Waals surface area contributed by atoms with Crippen molar-refractivity contribution in [3.05, 3.63) is 35.4 Å². The molecule has 0 aliphatic carbocycles. The van der Waals surface area contributed by atoms with Gasteiger partial charge in [-0.1, -0.05) is 0 Å². The number of hydrogen-bond acceptors (Lipinski definition) is 2. The number of rotatable bonds is 2. The Bertz CT molecular complexity index is 397. The maximum Gasteiger partial charge on any atom is 0.422 e. The largest absolute Gasteiger partial charge is 0.422 e. The summed E-state index contributed by atoms with van der Waals surface area (Å²) in [6, 6.07) is -0.565. The van der Waals surface area contributed by atoms with Crippen LogP contribution in [0.25, 0.3) is 0 Å². The molecule has 2 nitrogen and oxygen atoms in total. The second-order valence-corrected chi connectivity index (χ2v) is 3.71. The summed E-state index contributed by atoms with van der Waals surface area (Å²) in [5.74, 6) is -2.44. The summed E-state index contributed by atoms with van der Waals surface area (Å²) in [6.07, 6.45) is -5.14. The van der Waals surface area contributed by atoms with Gasteiger partial charge in [-0.05, 0) is 19.1 Å². The van der Waals surface area contributed by atoms with Crippen molar-refractivity contribution >= 4 is 0 Å². The van der Waals surface area contributed by atoms with Crippen LogP contribution in [0.1, 0.15) is 12.5 Å². The third-order valence-corrected chi connectivity index (χ3v) is 2.39. The van der Waals surface area contributed by atoms with E-state index in [-0.39, 0.29) is 0 Å². The van der Waals surface area contributed by atoms with Crippen molar-refractivity contribution in [2.24, 2.45) is 5.73 Å². The van der Waals surface area contributed by atoms with Crippen LogP contribution < -0.4 is 5.73 Å². The molecule has 0 heterocycles. The highest BCUT2D eigenvalue weighted by molar-refractivity contribution is 5.27. The second-order valence-electron chi connectivity index (χ2n) is 3.71. The van der Waals surface area contributed by atoms with Gasteiger partial charge in [-0.3, -0.25) is 0 Å². The molecular formula is C10H10F5NO. The summed E-state index contributed by atoms with van der Waals surface area (Å²) < 4.78 is 63.9. The van der Waals surface area contributed by atoms with Crippen LogP contribution in [0.3, 0.4) is 0 Å². The SMILES string of the molecule is CC(N)C(O)(c1cc(F)cc(F)c1)C(F)(F)F. The van der Waals surface area contributed by atoms with Crippen molar-refractivity contribution in [1.29, 1.82) is 0 Å². The zero-order valence-corrected chi connectivity index (χ0v) is 8.72. The molecule has 0 aliphatic heterocycles. The van der Waals surface area contributed by atoms with Gasteiger partial charge in [0.05, 0.1) is 0 Å². The molecule has 1 aromatic carbocycles. The van der Waals surface area contributed by atoms with E-state index in [1.165, 1.54) is 0 Å². The van der Waals surface area contributed by atoms with E-state index in [4.69, 9.17) is 5.73 Å². The first-order valence-corrected chi connectivity index (χ1v) is 4.60. The molecule has 0 amide bonds. The van der Waals surface area contributed by atoms with Crippen molar-refractivity contribution in [2.45, 2.75) is 24.7 Å². The van der Waals surface area contributed by atoms with Crippen LogP contribution in [0.2, 0.25) is 0 Å². The third-order valence-electron chi connectivity index (χ3n) is 2.39. The van der Waals surface area contributed by atoms with Crippen molar-refractivity contribution in [3.8, 4) is 0 Å². The van der Waals surface area contributed by atoms with Gasteiger partial charge in [-0.25, -0.2) is 8.78 Å². The lowest BCUT2D eigenvalue weighted by atomic mass is 9.87. The molecule has 0 spiro atoms. The average molecular weight is 255 g/mol. The van der Waals surface area contributed by atoms with Gasteiger partial charge in [0.1, 0.15) is 11.6 Å². The van der Waals surface area contributed by atoms with E-state index in [1.807, 2.05) is 0 Å². The Kier molecular flexibility index (Phi) is 3.45. The fourth-order valence-corrected chi connectivity index (χ4v) is 1.46. The molecule has 0 fully saturated rings. The fourth-order valence-electron chi connectivity index (χ4n) is 1.46. The molecule has 96 valence electrons. The van der Waals surface area contributed by atoms with E-state index in [0.717, 1.165) is 6.92 Å². The third kappa shape index (κ3) is 2.39. The quantitative estimate of drug-likeness (QED) is 0.794. The molecule has 7 heteroatoms. The molecule has 0 bridgehead atoms. The Morgan fingerprint density at radius 3 is 1.82 bits per heavy atom. The number of halogens is 5. The van der Waals surface area contributed by atoms with E-state index < -0.39 is 35.0 Å². The van der Waals surface area contributed by atoms with Crippen LogP contribution in [0.15, 0.2) is 18.2 Å². The van der Waals surface area contributed by atoms with Crippen molar-refractivity contribution in [1.82, 2.24) is 0 Å². The van der Waals surface area contributed by atoms with Gasteiger partial charge in [0.2, 0.25) is 5.60 Å². The van der Waals surface area contributed by atoms with Crippen LogP contribution in [0.5, 0.6) is 0 Å². The molecule has 1 aromatic rings. The number of benzene rings is 1. The van der Waals surface area contributed by atoms with Crippen LogP contribution in [0.4, 0.5) is 22.0 Å². The van der Waals surface area contributed by atoms with Gasteiger partial charge in [0.15, 0.2) is 0 Å². The first kappa shape index (κ1) is 13.9. The van der Waals surface area contributed by atoms with Crippen LogP contribution in [-0.4, -0.2) is 17.3 Å². The molecule has 0 saturated carbocycles. The van der Waals surface area contributed by atoms with Crippen LogP contribution in [-0.2, 0) is 5.60 Å². The minimum Gasteiger partial charge on any atom is -0.375 e. The van der Waals surface area contributed by atoms with Crippen LogP contribution in [0, 0.1) is 11.6 Å². The Labute approximate surface area is 93.9 Å². The van der Waals surface area contributed by atoms with E-state index in [0.29, 0.717) is 18.2 Å². The molecule has 0 saturated heterocycles. The van der Waals surface area contributed by atoms with E-state index in [9.17, 15) is 27.1 Å². The minimum absolute atomic E-state index is 0.403. The summed E-state index contributed by atoms with van der Waals surface area (Å²) >= 11 is 0. The number of nitrogens with two attached hydrogens (primary N) is 1. The molecule has 2 atom stereocenters. The maximum absolute atomic E-state index is 12.9. The summed E-state index contributed by atoms with van der Waals surface area (Å²) in [6.45, 7) is 0.899. The first-order valence-electron chi connectivity index (χ1n) is 4.60. The molecule has 0 aromatic heterocycles. The Morgan fingerprint density at radius 2 is 1.53 bits per heavy atom. The smallest absolute Gasteiger partial charge is 0.375 e. The van der Waals surface area contributed by atoms with Crippen molar-refractivity contribution in [2.75, 3.05) is 0 Å². The van der Waals surface area contributed by atoms with E-state index in [2.05, 4.69) is 0 Å². The summed E-state index contributed by atoms with van der Waals surface area (Å²) in [4.78, 5) is 0. The number of hydrogen-bond donors (Lipinski definition) is 2. The van der Waals surface area contributed by atoms with E-state index in [1.54, 1.807) is 0 Å². The van der Waals surface area contributed by atoms with Gasteiger partial charge in [0.25, 0.3) is 0 Å². The molecular weight excluding hydrogens is 245 g/mol. The predicted octanol–water partition coefficient (Wildman–Crippen LogP) is 2.06. The molecule has 2 unspecified atom stereocenters. The monoisotopic (exact) mass is 255 g/mol. The second kappa shape index (κ2) is 4.23. The fraction of sp³-hybridized carbons (Fsp3) is 0.400. The average Bonchev–Trinajstić information content (AvgIpc) is 2.12. The van der Waals surface area contributed by atoms with Gasteiger partial charge >= 0.3 is 6.18 Å². The molecule has 3 N–H and O–H groups in total. The topological polar surface area (TPSA) is 46.2 Å². The predicted molar refractivity (Wildman–Crippen MR) is 50.0 cm³/mol. The Hall–Kier alpha value is -1.21. The highest BCUT2D eigenvalue weighted by atomic mass is 19.4. The first-order chi connectivity index (χ1) is 7.59. The normalized spacial score (nSPS) is 17.6. The summed E-state index contributed by atoms with van der Waals surface area (Å²) in [5, 5.41) is 9.56. The minimum atomic E-state index is -5.14. The van der Waals surface area contributed by atoms with Crippen molar-refractivity contribution < 1.29 is 27.1 Å². The molecule has 0 radical (unpaired) electrons. The highest BCUT2D eigenvalue weighted by Crippen LogP contribution is 2.41. The zero-order chi connectivity index (χ0) is 13.4. The summed E-state index contributed by atoms with van der Waals surface area (Å²) in [7, 11) is 0. The van der Waals surface area contributed by atoms with Gasteiger partial charge in [-0.2, -0.15) is 13.2 Å². The van der Waals surface area contributed by atoms with Gasteiger partial charge in [-0.15, -0.1) is 0 Å². The maximum atomic E-state index is 12.9. The molecule has 1 rings (SSSR count). The van der Waals surface area contributed by atoms with Crippen LogP contribution >= 0.6 is 0 Å². The molecule has 0 aliphatic rings. The standard InChI is InChI=1S/C10H10F5NO/c1-5(16)9(17,10(13,14)15)6-2-7(11)4-8(12)3-6/h2-5,17H,16H2,1H3. The Balaban J connectivity index is 3.43. The number of alkyl halides is 3. The zero-order valence-electron chi connectivity index (χ0n) is 8.72. The lowest BCUT2D eigenvalue weighted by Crippen LogP contribution is -2.54. The highest BCUT2D eigenvalue weighted by Gasteiger charge is 2.57. The van der Waals surface area contributed by atoms with Gasteiger partial charge in [0, 0.05) is 17.7 Å². The summed E-state index contributed by atoms with van der Waals surface area (Å²) in [5.41, 5.74) is 0.624. The van der Waals surface area contributed by atoms with Gasteiger partial charge < -0.3 is 10.8 Å². The number of aliphatic hydroxyl groups is 1.